The molecule has 0 heterocycles. The van der Waals surface area contributed by atoms with Gasteiger partial charge in [0.2, 0.25) is 0 Å². The molecule has 0 aromatic rings. The molecule has 0 bridgehead atoms. The number of allylic oxidation sites excluding steroid dienone is 2. The van der Waals surface area contributed by atoms with Gasteiger partial charge in [-0.05, 0) is 37.5 Å². The molecule has 0 saturated heterocycles. The number of nitrogens with one attached hydrogen (secondary N) is 1. The van der Waals surface area contributed by atoms with E-state index in [0.29, 0.717) is 6.04 Å². The first-order valence-corrected chi connectivity index (χ1v) is 4.93. The van der Waals surface area contributed by atoms with Gasteiger partial charge in [0.25, 0.3) is 0 Å². The van der Waals surface area contributed by atoms with Crippen molar-refractivity contribution in [3.63, 3.8) is 0 Å². The summed E-state index contributed by atoms with van der Waals surface area (Å²) in [5, 5.41) is 10.3. The molecule has 1 rings (SSSR count). The molecular weight excluding hydrogens is 174 g/mol. The highest BCUT2D eigenvalue weighted by atomic mass is 16.2. The fourth-order valence-corrected chi connectivity index (χ4v) is 1.81. The molecule has 0 amide bonds. The van der Waals surface area contributed by atoms with Crippen LogP contribution in [0.15, 0.2) is 36.5 Å². The maximum atomic E-state index is 7.00. The van der Waals surface area contributed by atoms with E-state index in [1.54, 1.807) is 0 Å². The summed E-state index contributed by atoms with van der Waals surface area (Å²) in [7, 11) is 3.00. The third-order valence-corrected chi connectivity index (χ3v) is 2.50. The highest BCUT2D eigenvalue weighted by molar-refractivity contribution is 5.37. The number of aliphatic hydroxyl groups excluding tert-OH is 1. The van der Waals surface area contributed by atoms with Crippen molar-refractivity contribution in [1.29, 1.82) is 0 Å². The van der Waals surface area contributed by atoms with Crippen LogP contribution in [-0.2, 0) is 0 Å². The van der Waals surface area contributed by atoms with Crippen LogP contribution in [0.25, 0.3) is 0 Å². The van der Waals surface area contributed by atoms with Gasteiger partial charge in [-0.15, -0.1) is 0 Å². The van der Waals surface area contributed by atoms with Gasteiger partial charge in [0.1, 0.15) is 0 Å². The lowest BCUT2D eigenvalue weighted by atomic mass is 9.88. The molecule has 0 aliphatic heterocycles. The van der Waals surface area contributed by atoms with Crippen LogP contribution in [0.3, 0.4) is 0 Å². The molecule has 0 aromatic heterocycles. The predicted octanol–water partition coefficient (Wildman–Crippen LogP) is 2.04. The summed E-state index contributed by atoms with van der Waals surface area (Å²) < 4.78 is 0. The number of likely N-dealkylation sites (N-methyl/N-ethyl adjacent to an activating group) is 1. The Morgan fingerprint density at radius 2 is 2.00 bits per heavy atom. The third-order valence-electron chi connectivity index (χ3n) is 2.50. The zero-order valence-corrected chi connectivity index (χ0v) is 9.21. The van der Waals surface area contributed by atoms with E-state index < -0.39 is 0 Å². The molecule has 1 aliphatic rings. The molecule has 0 aromatic carbocycles. The van der Waals surface area contributed by atoms with E-state index in [-0.39, 0.29) is 0 Å². The van der Waals surface area contributed by atoms with Gasteiger partial charge < -0.3 is 10.4 Å². The number of aliphatic hydroxyl groups is 1. The Morgan fingerprint density at radius 1 is 1.36 bits per heavy atom. The molecule has 14 heavy (non-hydrogen) atoms. The Labute approximate surface area is 87.0 Å². The highest BCUT2D eigenvalue weighted by Gasteiger charge is 2.17. The van der Waals surface area contributed by atoms with Crippen molar-refractivity contribution in [3.05, 3.63) is 36.5 Å². The molecule has 2 heteroatoms. The van der Waals surface area contributed by atoms with E-state index in [0.717, 1.165) is 13.5 Å². The van der Waals surface area contributed by atoms with E-state index >= 15 is 0 Å². The van der Waals surface area contributed by atoms with Gasteiger partial charge in [0.05, 0.1) is 0 Å². The smallest absolute Gasteiger partial charge is 0.0320 e. The van der Waals surface area contributed by atoms with Gasteiger partial charge >= 0.3 is 0 Å². The molecular formula is C12H21NO. The Morgan fingerprint density at radius 3 is 2.43 bits per heavy atom. The van der Waals surface area contributed by atoms with Crippen LogP contribution in [0.2, 0.25) is 0 Å². The highest BCUT2D eigenvalue weighted by Crippen LogP contribution is 2.26. The van der Waals surface area contributed by atoms with Crippen molar-refractivity contribution in [2.24, 2.45) is 0 Å². The molecule has 2 nitrogen and oxygen atoms in total. The van der Waals surface area contributed by atoms with Gasteiger partial charge in [-0.2, -0.15) is 0 Å². The third kappa shape index (κ3) is 3.13. The van der Waals surface area contributed by atoms with Crippen LogP contribution in [0.1, 0.15) is 19.3 Å². The van der Waals surface area contributed by atoms with Gasteiger partial charge in [0, 0.05) is 13.2 Å². The van der Waals surface area contributed by atoms with Crippen molar-refractivity contribution < 1.29 is 5.11 Å². The Bertz CT molecular complexity index is 218. The molecule has 1 unspecified atom stereocenters. The predicted molar refractivity (Wildman–Crippen MR) is 62.3 cm³/mol. The second kappa shape index (κ2) is 7.54. The molecule has 0 radical (unpaired) electrons. The normalized spacial score (nSPS) is 20.9. The first kappa shape index (κ1) is 13.1. The fourth-order valence-electron chi connectivity index (χ4n) is 1.81. The lowest BCUT2D eigenvalue weighted by Crippen LogP contribution is -2.29. The summed E-state index contributed by atoms with van der Waals surface area (Å²) in [5.74, 6) is 0. The number of rotatable bonds is 3. The van der Waals surface area contributed by atoms with Crippen LogP contribution < -0.4 is 5.32 Å². The number of hydrogen-bond donors (Lipinski definition) is 2. The average molecular weight is 195 g/mol. The quantitative estimate of drug-likeness (QED) is 0.722. The monoisotopic (exact) mass is 195 g/mol. The Hall–Kier alpha value is -0.860. The number of hydrogen-bond acceptors (Lipinski definition) is 2. The first-order chi connectivity index (χ1) is 6.83. The molecule has 1 aliphatic carbocycles. The maximum absolute atomic E-state index is 7.00. The zero-order valence-electron chi connectivity index (χ0n) is 9.21. The summed E-state index contributed by atoms with van der Waals surface area (Å²) in [5.41, 5.74) is 2.69. The van der Waals surface area contributed by atoms with Crippen molar-refractivity contribution in [3.8, 4) is 0 Å². The minimum atomic E-state index is 0.490. The van der Waals surface area contributed by atoms with Gasteiger partial charge in [-0.1, -0.05) is 25.3 Å². The molecule has 1 atom stereocenters. The summed E-state index contributed by atoms with van der Waals surface area (Å²) >= 11 is 0. The second-order valence-corrected chi connectivity index (χ2v) is 3.12. The fraction of sp³-hybridized carbons (Fsp3) is 0.500. The summed E-state index contributed by atoms with van der Waals surface area (Å²) in [6, 6.07) is 0.490. The molecule has 0 fully saturated rings. The molecule has 2 N–H and O–H groups in total. The van der Waals surface area contributed by atoms with E-state index in [2.05, 4.69) is 18.5 Å². The largest absolute Gasteiger partial charge is 0.400 e. The van der Waals surface area contributed by atoms with Crippen LogP contribution in [0.4, 0.5) is 0 Å². The van der Waals surface area contributed by atoms with Crippen LogP contribution >= 0.6 is 0 Å². The van der Waals surface area contributed by atoms with Crippen molar-refractivity contribution in [2.75, 3.05) is 14.2 Å². The first-order valence-electron chi connectivity index (χ1n) is 4.93. The van der Waals surface area contributed by atoms with Crippen molar-refractivity contribution >= 4 is 0 Å². The standard InChI is InChI=1S/C11H17N.CH4O/c1-4-9-7-6-8-11(12-3)10(9)5-2;1-2/h4-5,11-12H,1-2,6-8H2,3H3;2H,1H3. The van der Waals surface area contributed by atoms with E-state index in [1.165, 1.54) is 24.0 Å². The minimum Gasteiger partial charge on any atom is -0.400 e. The van der Waals surface area contributed by atoms with Crippen LogP contribution in [0, 0.1) is 0 Å². The average Bonchev–Trinajstić information content (AvgIpc) is 2.30. The molecule has 80 valence electrons. The van der Waals surface area contributed by atoms with E-state index in [9.17, 15) is 0 Å². The lowest BCUT2D eigenvalue weighted by molar-refractivity contribution is 0.399. The van der Waals surface area contributed by atoms with E-state index in [1.807, 2.05) is 19.2 Å². The van der Waals surface area contributed by atoms with Crippen molar-refractivity contribution in [1.82, 2.24) is 5.32 Å². The zero-order chi connectivity index (χ0) is 11.0. The topological polar surface area (TPSA) is 32.3 Å². The van der Waals surface area contributed by atoms with Gasteiger partial charge in [-0.3, -0.25) is 0 Å². The van der Waals surface area contributed by atoms with E-state index in [4.69, 9.17) is 5.11 Å². The van der Waals surface area contributed by atoms with Crippen molar-refractivity contribution in [2.45, 2.75) is 25.3 Å². The summed E-state index contributed by atoms with van der Waals surface area (Å²) in [6.45, 7) is 7.65. The summed E-state index contributed by atoms with van der Waals surface area (Å²) in [6.07, 6.45) is 7.54. The lowest BCUT2D eigenvalue weighted by Gasteiger charge is -2.25. The Balaban J connectivity index is 0.000000791. The van der Waals surface area contributed by atoms with Gasteiger partial charge in [-0.25, -0.2) is 0 Å². The Kier molecular flexibility index (Phi) is 7.07. The summed E-state index contributed by atoms with van der Waals surface area (Å²) in [4.78, 5) is 0. The maximum Gasteiger partial charge on any atom is 0.0320 e. The SMILES string of the molecule is C=CC1=C(C=C)C(NC)CCC1.CO. The molecule has 0 saturated carbocycles. The van der Waals surface area contributed by atoms with Gasteiger partial charge in [0.15, 0.2) is 0 Å². The molecule has 0 spiro atoms. The van der Waals surface area contributed by atoms with Crippen LogP contribution in [-0.4, -0.2) is 25.3 Å². The minimum absolute atomic E-state index is 0.490. The van der Waals surface area contributed by atoms with Crippen LogP contribution in [0.5, 0.6) is 0 Å². The second-order valence-electron chi connectivity index (χ2n) is 3.12.